The molecule has 4 nitrogen and oxygen atoms in total. The van der Waals surface area contributed by atoms with Gasteiger partial charge in [-0.2, -0.15) is 0 Å². The smallest absolute Gasteiger partial charge is 0.198 e. The number of rotatable bonds is 1. The number of phenols is 2. The van der Waals surface area contributed by atoms with Crippen molar-refractivity contribution < 1.29 is 19.8 Å². The molecule has 0 bridgehead atoms. The summed E-state index contributed by atoms with van der Waals surface area (Å²) in [6.07, 6.45) is 0. The number of carbonyl (C=O) groups is 2. The highest BCUT2D eigenvalue weighted by molar-refractivity contribution is 7.13. The second-order valence-corrected chi connectivity index (χ2v) is 6.17. The van der Waals surface area contributed by atoms with Gasteiger partial charge in [-0.15, -0.1) is 11.3 Å². The van der Waals surface area contributed by atoms with Gasteiger partial charge >= 0.3 is 0 Å². The molecule has 23 heavy (non-hydrogen) atoms. The molecule has 0 atom stereocenters. The van der Waals surface area contributed by atoms with E-state index in [4.69, 9.17) is 0 Å². The van der Waals surface area contributed by atoms with Gasteiger partial charge in [-0.1, -0.05) is 30.3 Å². The van der Waals surface area contributed by atoms with Gasteiger partial charge < -0.3 is 10.2 Å². The van der Waals surface area contributed by atoms with Crippen molar-refractivity contribution in [2.75, 3.05) is 0 Å². The fourth-order valence-electron chi connectivity index (χ4n) is 2.88. The molecule has 2 N–H and O–H groups in total. The predicted molar refractivity (Wildman–Crippen MR) is 86.4 cm³/mol. The van der Waals surface area contributed by atoms with E-state index >= 15 is 0 Å². The van der Waals surface area contributed by atoms with Gasteiger partial charge in [0, 0.05) is 21.6 Å². The van der Waals surface area contributed by atoms with E-state index in [1.807, 2.05) is 5.38 Å². The summed E-state index contributed by atoms with van der Waals surface area (Å²) in [4.78, 5) is 26.0. The number of ketones is 2. The second kappa shape index (κ2) is 4.79. The highest BCUT2D eigenvalue weighted by atomic mass is 32.1. The van der Waals surface area contributed by atoms with Gasteiger partial charge in [0.05, 0.1) is 11.1 Å². The maximum atomic E-state index is 12.7. The Kier molecular flexibility index (Phi) is 2.86. The van der Waals surface area contributed by atoms with Crippen molar-refractivity contribution in [3.8, 4) is 21.9 Å². The fourth-order valence-corrected chi connectivity index (χ4v) is 3.62. The number of hydrogen-bond donors (Lipinski definition) is 2. The van der Waals surface area contributed by atoms with Crippen molar-refractivity contribution in [3.63, 3.8) is 0 Å². The average molecular weight is 322 g/mol. The molecule has 2 aromatic carbocycles. The third kappa shape index (κ3) is 1.83. The second-order valence-electron chi connectivity index (χ2n) is 5.22. The monoisotopic (exact) mass is 322 g/mol. The Morgan fingerprint density at radius 3 is 2.04 bits per heavy atom. The van der Waals surface area contributed by atoms with E-state index in [0.717, 1.165) is 0 Å². The van der Waals surface area contributed by atoms with Crippen LogP contribution in [0.3, 0.4) is 0 Å². The van der Waals surface area contributed by atoms with Crippen LogP contribution in [-0.4, -0.2) is 21.8 Å². The van der Waals surface area contributed by atoms with Crippen LogP contribution in [0.4, 0.5) is 0 Å². The van der Waals surface area contributed by atoms with Gasteiger partial charge in [0.15, 0.2) is 11.6 Å². The minimum atomic E-state index is -0.458. The summed E-state index contributed by atoms with van der Waals surface area (Å²) in [6.45, 7) is 0. The lowest BCUT2D eigenvalue weighted by Crippen LogP contribution is -2.21. The normalized spacial score (nSPS) is 12.9. The van der Waals surface area contributed by atoms with Crippen molar-refractivity contribution in [2.24, 2.45) is 0 Å². The van der Waals surface area contributed by atoms with Gasteiger partial charge in [0.1, 0.15) is 11.5 Å². The molecular weight excluding hydrogens is 312 g/mol. The van der Waals surface area contributed by atoms with Crippen LogP contribution in [0, 0.1) is 0 Å². The molecule has 1 aliphatic rings. The van der Waals surface area contributed by atoms with Crippen LogP contribution in [0.5, 0.6) is 11.5 Å². The maximum Gasteiger partial charge on any atom is 0.198 e. The zero-order valence-electron chi connectivity index (χ0n) is 11.7. The lowest BCUT2D eigenvalue weighted by atomic mass is 9.82. The van der Waals surface area contributed by atoms with Crippen molar-refractivity contribution in [1.29, 1.82) is 0 Å². The van der Waals surface area contributed by atoms with Crippen LogP contribution < -0.4 is 0 Å². The summed E-state index contributed by atoms with van der Waals surface area (Å²) in [6, 6.07) is 11.3. The first-order valence-corrected chi connectivity index (χ1v) is 7.78. The topological polar surface area (TPSA) is 74.6 Å². The Bertz CT molecular complexity index is 971. The van der Waals surface area contributed by atoms with Crippen LogP contribution in [0.15, 0.2) is 47.8 Å². The molecule has 0 saturated heterocycles. The predicted octanol–water partition coefficient (Wildman–Crippen LogP) is 3.60. The molecule has 1 aliphatic carbocycles. The standard InChI is InChI=1S/C18H10O4S/c19-12-8-11(13-6-3-7-23-13)18(22)15-14(12)16(20)9-4-1-2-5-10(9)17(15)21/h1-8,19,22H. The van der Waals surface area contributed by atoms with Crippen molar-refractivity contribution in [2.45, 2.75) is 0 Å². The molecule has 0 unspecified atom stereocenters. The molecular formula is C18H10O4S. The molecule has 0 fully saturated rings. The minimum Gasteiger partial charge on any atom is -0.507 e. The largest absolute Gasteiger partial charge is 0.507 e. The Balaban J connectivity index is 2.06. The van der Waals surface area contributed by atoms with Crippen LogP contribution in [-0.2, 0) is 0 Å². The number of phenolic OH excluding ortho intramolecular Hbond substituents is 2. The van der Waals surface area contributed by atoms with E-state index in [9.17, 15) is 19.8 Å². The third-order valence-electron chi connectivity index (χ3n) is 3.94. The molecule has 5 heteroatoms. The van der Waals surface area contributed by atoms with Gasteiger partial charge in [0.2, 0.25) is 0 Å². The quantitative estimate of drug-likeness (QED) is 0.525. The van der Waals surface area contributed by atoms with Gasteiger partial charge in [-0.05, 0) is 17.5 Å². The van der Waals surface area contributed by atoms with Crippen LogP contribution in [0.25, 0.3) is 10.4 Å². The van der Waals surface area contributed by atoms with E-state index in [2.05, 4.69) is 0 Å². The first kappa shape index (κ1) is 13.7. The summed E-state index contributed by atoms with van der Waals surface area (Å²) < 4.78 is 0. The van der Waals surface area contributed by atoms with Crippen LogP contribution >= 0.6 is 11.3 Å². The SMILES string of the molecule is O=C1c2ccccc2C(=O)c2c(O)c(-c3cccs3)cc(O)c21. The van der Waals surface area contributed by atoms with Crippen molar-refractivity contribution >= 4 is 22.9 Å². The van der Waals surface area contributed by atoms with Gasteiger partial charge in [-0.3, -0.25) is 9.59 Å². The number of carbonyl (C=O) groups excluding carboxylic acids is 2. The summed E-state index contributed by atoms with van der Waals surface area (Å²) in [5.41, 5.74) is 0.562. The Morgan fingerprint density at radius 1 is 0.783 bits per heavy atom. The van der Waals surface area contributed by atoms with Gasteiger partial charge in [0.25, 0.3) is 0 Å². The molecule has 0 radical (unpaired) electrons. The molecule has 0 aliphatic heterocycles. The average Bonchev–Trinajstić information content (AvgIpc) is 3.08. The number of aromatic hydroxyl groups is 2. The van der Waals surface area contributed by atoms with E-state index in [-0.39, 0.29) is 33.8 Å². The summed E-state index contributed by atoms with van der Waals surface area (Å²) >= 11 is 1.37. The maximum absolute atomic E-state index is 12.7. The zero-order chi connectivity index (χ0) is 16.1. The molecule has 0 amide bonds. The Morgan fingerprint density at radius 2 is 1.43 bits per heavy atom. The first-order chi connectivity index (χ1) is 11.1. The van der Waals surface area contributed by atoms with E-state index < -0.39 is 11.6 Å². The third-order valence-corrected chi connectivity index (χ3v) is 4.84. The molecule has 3 aromatic rings. The Hall–Kier alpha value is -2.92. The van der Waals surface area contributed by atoms with Crippen LogP contribution in [0.2, 0.25) is 0 Å². The molecule has 0 spiro atoms. The minimum absolute atomic E-state index is 0.128. The van der Waals surface area contributed by atoms with E-state index in [1.165, 1.54) is 17.4 Å². The number of thiophene rings is 1. The number of fused-ring (bicyclic) bond motifs is 2. The highest BCUT2D eigenvalue weighted by Gasteiger charge is 2.35. The highest BCUT2D eigenvalue weighted by Crippen LogP contribution is 2.44. The molecule has 112 valence electrons. The first-order valence-electron chi connectivity index (χ1n) is 6.91. The van der Waals surface area contributed by atoms with Gasteiger partial charge in [-0.25, -0.2) is 0 Å². The summed E-state index contributed by atoms with van der Waals surface area (Å²) in [7, 11) is 0. The number of hydrogen-bond acceptors (Lipinski definition) is 5. The summed E-state index contributed by atoms with van der Waals surface area (Å²) in [5, 5.41) is 22.7. The number of benzene rings is 2. The lowest BCUT2D eigenvalue weighted by Gasteiger charge is -2.20. The van der Waals surface area contributed by atoms with E-state index in [1.54, 1.807) is 36.4 Å². The fraction of sp³-hybridized carbons (Fsp3) is 0. The lowest BCUT2D eigenvalue weighted by molar-refractivity contribution is 0.0974. The zero-order valence-corrected chi connectivity index (χ0v) is 12.6. The van der Waals surface area contributed by atoms with Crippen molar-refractivity contribution in [3.05, 3.63) is 70.1 Å². The Labute approximate surface area is 135 Å². The molecule has 0 saturated carbocycles. The van der Waals surface area contributed by atoms with E-state index in [0.29, 0.717) is 10.4 Å². The summed E-state index contributed by atoms with van der Waals surface area (Å²) in [5.74, 6) is -1.48. The van der Waals surface area contributed by atoms with Crippen molar-refractivity contribution in [1.82, 2.24) is 0 Å². The molecule has 4 rings (SSSR count). The molecule has 1 heterocycles. The molecule has 1 aromatic heterocycles. The van der Waals surface area contributed by atoms with Crippen LogP contribution in [0.1, 0.15) is 31.8 Å².